The highest BCUT2D eigenvalue weighted by atomic mass is 15.0. The van der Waals surface area contributed by atoms with Crippen molar-refractivity contribution >= 4 is 5.69 Å². The van der Waals surface area contributed by atoms with Crippen LogP contribution in [0.15, 0.2) is 18.2 Å². The predicted octanol–water partition coefficient (Wildman–Crippen LogP) is 1.64. The molecule has 0 saturated heterocycles. The molecule has 1 heterocycles. The first-order valence-corrected chi connectivity index (χ1v) is 5.39. The predicted molar refractivity (Wildman–Crippen MR) is 58.6 cm³/mol. The molecule has 2 nitrogen and oxygen atoms in total. The van der Waals surface area contributed by atoms with Gasteiger partial charge < -0.3 is 11.1 Å². The Morgan fingerprint density at radius 1 is 1.57 bits per heavy atom. The molecule has 2 unspecified atom stereocenters. The Hall–Kier alpha value is -1.02. The summed E-state index contributed by atoms with van der Waals surface area (Å²) in [6, 6.07) is 7.12. The Labute approximate surface area is 84.5 Å². The van der Waals surface area contributed by atoms with Crippen LogP contribution in [-0.2, 0) is 11.8 Å². The maximum atomic E-state index is 6.03. The highest BCUT2D eigenvalue weighted by Crippen LogP contribution is 2.53. The van der Waals surface area contributed by atoms with Gasteiger partial charge in [0, 0.05) is 23.7 Å². The van der Waals surface area contributed by atoms with Crippen LogP contribution in [0.4, 0.5) is 5.69 Å². The Morgan fingerprint density at radius 3 is 3.00 bits per heavy atom. The number of fused-ring (bicyclic) bond motifs is 2. The second-order valence-electron chi connectivity index (χ2n) is 4.55. The third-order valence-corrected chi connectivity index (χ3v) is 3.76. The van der Waals surface area contributed by atoms with Gasteiger partial charge in [-0.1, -0.05) is 19.1 Å². The minimum Gasteiger partial charge on any atom is -0.384 e. The van der Waals surface area contributed by atoms with Gasteiger partial charge in [-0.25, -0.2) is 0 Å². The van der Waals surface area contributed by atoms with Crippen molar-refractivity contribution in [2.24, 2.45) is 5.73 Å². The highest BCUT2D eigenvalue weighted by Gasteiger charge is 2.56. The van der Waals surface area contributed by atoms with Crippen LogP contribution < -0.4 is 11.1 Å². The smallest absolute Gasteiger partial charge is 0.0380 e. The fourth-order valence-corrected chi connectivity index (χ4v) is 2.57. The van der Waals surface area contributed by atoms with Crippen molar-refractivity contribution < 1.29 is 0 Å². The van der Waals surface area contributed by atoms with E-state index in [9.17, 15) is 0 Å². The number of rotatable bonds is 1. The number of hydrogen-bond donors (Lipinski definition) is 2. The highest BCUT2D eigenvalue weighted by molar-refractivity contribution is 5.65. The van der Waals surface area contributed by atoms with E-state index < -0.39 is 0 Å². The maximum Gasteiger partial charge on any atom is 0.0380 e. The normalized spacial score (nSPS) is 32.9. The maximum absolute atomic E-state index is 6.03. The van der Waals surface area contributed by atoms with Crippen molar-refractivity contribution in [3.05, 3.63) is 29.3 Å². The zero-order valence-corrected chi connectivity index (χ0v) is 8.51. The van der Waals surface area contributed by atoms with Gasteiger partial charge in [0.2, 0.25) is 0 Å². The van der Waals surface area contributed by atoms with Crippen LogP contribution in [0.1, 0.15) is 24.5 Å². The van der Waals surface area contributed by atoms with E-state index in [0.29, 0.717) is 11.5 Å². The molecule has 0 amide bonds. The first-order chi connectivity index (χ1) is 6.76. The molecule has 1 aliphatic carbocycles. The molecule has 1 saturated carbocycles. The molecule has 3 rings (SSSR count). The lowest BCUT2D eigenvalue weighted by atomic mass is 9.95. The lowest BCUT2D eigenvalue weighted by molar-refractivity contribution is 0.732. The minimum atomic E-state index is 0.292. The van der Waals surface area contributed by atoms with Crippen LogP contribution in [0.5, 0.6) is 0 Å². The van der Waals surface area contributed by atoms with E-state index in [1.807, 2.05) is 0 Å². The van der Waals surface area contributed by atoms with E-state index >= 15 is 0 Å². The standard InChI is InChI=1S/C12H16N2/c1-2-8-3-4-10-9(5-8)12(7-14-10)6-11(12)13/h3-5,11,14H,2,6-7,13H2,1H3. The molecule has 1 fully saturated rings. The van der Waals surface area contributed by atoms with Crippen LogP contribution in [0.25, 0.3) is 0 Å². The summed E-state index contributed by atoms with van der Waals surface area (Å²) < 4.78 is 0. The number of aryl methyl sites for hydroxylation is 1. The number of benzene rings is 1. The van der Waals surface area contributed by atoms with Gasteiger partial charge >= 0.3 is 0 Å². The average Bonchev–Trinajstić information content (AvgIpc) is 2.71. The van der Waals surface area contributed by atoms with Crippen LogP contribution in [0, 0.1) is 0 Å². The van der Waals surface area contributed by atoms with Crippen LogP contribution in [-0.4, -0.2) is 12.6 Å². The van der Waals surface area contributed by atoms with Gasteiger partial charge in [-0.3, -0.25) is 0 Å². The average molecular weight is 188 g/mol. The summed E-state index contributed by atoms with van der Waals surface area (Å²) in [6.45, 7) is 3.24. The summed E-state index contributed by atoms with van der Waals surface area (Å²) in [5.41, 5.74) is 10.5. The van der Waals surface area contributed by atoms with Crippen molar-refractivity contribution in [2.45, 2.75) is 31.2 Å². The third kappa shape index (κ3) is 0.894. The molecule has 1 aromatic carbocycles. The van der Waals surface area contributed by atoms with Crippen molar-refractivity contribution in [3.63, 3.8) is 0 Å². The number of anilines is 1. The fraction of sp³-hybridized carbons (Fsp3) is 0.500. The summed E-state index contributed by atoms with van der Waals surface area (Å²) in [5, 5.41) is 3.45. The Morgan fingerprint density at radius 2 is 2.36 bits per heavy atom. The molecule has 0 aromatic heterocycles. The number of hydrogen-bond acceptors (Lipinski definition) is 2. The SMILES string of the molecule is CCc1ccc2c(c1)C1(CN2)CC1N. The molecule has 3 N–H and O–H groups in total. The van der Waals surface area contributed by atoms with Crippen molar-refractivity contribution in [2.75, 3.05) is 11.9 Å². The second-order valence-corrected chi connectivity index (χ2v) is 4.55. The van der Waals surface area contributed by atoms with E-state index in [2.05, 4.69) is 30.4 Å². The molecule has 2 atom stereocenters. The van der Waals surface area contributed by atoms with Gasteiger partial charge in [-0.05, 0) is 30.0 Å². The molecule has 1 aliphatic heterocycles. The van der Waals surface area contributed by atoms with Gasteiger partial charge in [0.05, 0.1) is 0 Å². The Kier molecular flexibility index (Phi) is 1.49. The van der Waals surface area contributed by atoms with E-state index in [4.69, 9.17) is 5.73 Å². The minimum absolute atomic E-state index is 0.292. The summed E-state index contributed by atoms with van der Waals surface area (Å²) in [7, 11) is 0. The topological polar surface area (TPSA) is 38.0 Å². The summed E-state index contributed by atoms with van der Waals surface area (Å²) in [4.78, 5) is 0. The number of nitrogens with two attached hydrogens (primary N) is 1. The Bertz CT molecular complexity index is 386. The van der Waals surface area contributed by atoms with E-state index in [0.717, 1.165) is 19.4 Å². The summed E-state index contributed by atoms with van der Waals surface area (Å²) in [6.07, 6.45) is 2.26. The lowest BCUT2D eigenvalue weighted by Gasteiger charge is -2.08. The lowest BCUT2D eigenvalue weighted by Crippen LogP contribution is -2.20. The van der Waals surface area contributed by atoms with Crippen LogP contribution >= 0.6 is 0 Å². The van der Waals surface area contributed by atoms with Gasteiger partial charge in [0.25, 0.3) is 0 Å². The quantitative estimate of drug-likeness (QED) is 0.703. The fourth-order valence-electron chi connectivity index (χ4n) is 2.57. The molecule has 1 aromatic rings. The molecular formula is C12H16N2. The van der Waals surface area contributed by atoms with E-state index in [1.54, 1.807) is 0 Å². The molecule has 2 aliphatic rings. The van der Waals surface area contributed by atoms with Crippen molar-refractivity contribution in [3.8, 4) is 0 Å². The first kappa shape index (κ1) is 8.30. The van der Waals surface area contributed by atoms with Gasteiger partial charge in [-0.15, -0.1) is 0 Å². The molecule has 1 spiro atoms. The molecule has 2 heteroatoms. The second kappa shape index (κ2) is 2.51. The molecule has 0 radical (unpaired) electrons. The van der Waals surface area contributed by atoms with Crippen LogP contribution in [0.2, 0.25) is 0 Å². The Balaban J connectivity index is 2.09. The largest absolute Gasteiger partial charge is 0.384 e. The molecule has 14 heavy (non-hydrogen) atoms. The van der Waals surface area contributed by atoms with Crippen molar-refractivity contribution in [1.82, 2.24) is 0 Å². The van der Waals surface area contributed by atoms with E-state index in [-0.39, 0.29) is 0 Å². The van der Waals surface area contributed by atoms with Crippen molar-refractivity contribution in [1.29, 1.82) is 0 Å². The number of nitrogens with one attached hydrogen (secondary N) is 1. The summed E-state index contributed by atoms with van der Waals surface area (Å²) >= 11 is 0. The third-order valence-electron chi connectivity index (χ3n) is 3.76. The summed E-state index contributed by atoms with van der Waals surface area (Å²) in [5.74, 6) is 0. The van der Waals surface area contributed by atoms with Crippen LogP contribution in [0.3, 0.4) is 0 Å². The first-order valence-electron chi connectivity index (χ1n) is 5.39. The monoisotopic (exact) mass is 188 g/mol. The zero-order chi connectivity index (χ0) is 9.76. The molecule has 0 bridgehead atoms. The zero-order valence-electron chi connectivity index (χ0n) is 8.51. The van der Waals surface area contributed by atoms with E-state index in [1.165, 1.54) is 16.8 Å². The molecule has 74 valence electrons. The van der Waals surface area contributed by atoms with Gasteiger partial charge in [0.1, 0.15) is 0 Å². The molecular weight excluding hydrogens is 172 g/mol. The van der Waals surface area contributed by atoms with Gasteiger partial charge in [0.15, 0.2) is 0 Å². The van der Waals surface area contributed by atoms with Gasteiger partial charge in [-0.2, -0.15) is 0 Å².